The zero-order chi connectivity index (χ0) is 16.4. The van der Waals surface area contributed by atoms with Gasteiger partial charge in [0, 0.05) is 12.0 Å². The number of benzene rings is 2. The fraction of sp³-hybridized carbons (Fsp3) is 0.111. The van der Waals surface area contributed by atoms with Gasteiger partial charge in [0.2, 0.25) is 0 Å². The Labute approximate surface area is 137 Å². The van der Waals surface area contributed by atoms with Crippen molar-refractivity contribution >= 4 is 17.3 Å². The molecule has 0 aliphatic carbocycles. The van der Waals surface area contributed by atoms with Crippen LogP contribution in [0.15, 0.2) is 48.5 Å². The molecule has 0 saturated carbocycles. The first-order valence-corrected chi connectivity index (χ1v) is 7.89. The lowest BCUT2D eigenvalue weighted by Crippen LogP contribution is -1.95. The minimum Gasteiger partial charge on any atom is -0.477 e. The summed E-state index contributed by atoms with van der Waals surface area (Å²) in [7, 11) is 0. The maximum atomic E-state index is 13.8. The quantitative estimate of drug-likeness (QED) is 0.765. The van der Waals surface area contributed by atoms with E-state index in [0.717, 1.165) is 22.5 Å². The molecule has 116 valence electrons. The zero-order valence-corrected chi connectivity index (χ0v) is 13.2. The molecule has 0 aliphatic heterocycles. The molecule has 1 N–H and O–H groups in total. The van der Waals surface area contributed by atoms with Gasteiger partial charge in [-0.2, -0.15) is 0 Å². The predicted molar refractivity (Wildman–Crippen MR) is 88.5 cm³/mol. The van der Waals surface area contributed by atoms with E-state index in [1.807, 2.05) is 31.2 Å². The van der Waals surface area contributed by atoms with Gasteiger partial charge in [0.05, 0.1) is 10.7 Å². The first kappa shape index (κ1) is 15.4. The average Bonchev–Trinajstić information content (AvgIpc) is 2.94. The number of aromatic carboxylic acids is 1. The molecule has 0 amide bonds. The van der Waals surface area contributed by atoms with Gasteiger partial charge in [0.15, 0.2) is 0 Å². The van der Waals surface area contributed by atoms with Crippen LogP contribution in [0.4, 0.5) is 4.39 Å². The van der Waals surface area contributed by atoms with Gasteiger partial charge in [-0.05, 0) is 24.6 Å². The van der Waals surface area contributed by atoms with Crippen LogP contribution >= 0.6 is 11.3 Å². The first-order chi connectivity index (χ1) is 11.0. The van der Waals surface area contributed by atoms with E-state index in [9.17, 15) is 14.3 Å². The minimum absolute atomic E-state index is 0.182. The van der Waals surface area contributed by atoms with Gasteiger partial charge in [-0.1, -0.05) is 42.0 Å². The molecule has 1 aromatic heterocycles. The van der Waals surface area contributed by atoms with Gasteiger partial charge in [0.1, 0.15) is 10.7 Å². The third kappa shape index (κ3) is 3.29. The second-order valence-corrected chi connectivity index (χ2v) is 6.31. The number of hydrogen-bond donors (Lipinski definition) is 1. The van der Waals surface area contributed by atoms with Gasteiger partial charge in [-0.3, -0.25) is 0 Å². The molecule has 23 heavy (non-hydrogen) atoms. The second kappa shape index (κ2) is 6.30. The lowest BCUT2D eigenvalue weighted by atomic mass is 10.1. The molecule has 3 nitrogen and oxygen atoms in total. The van der Waals surface area contributed by atoms with Crippen LogP contribution in [0.5, 0.6) is 0 Å². The maximum absolute atomic E-state index is 13.8. The Morgan fingerprint density at radius 2 is 2.00 bits per heavy atom. The summed E-state index contributed by atoms with van der Waals surface area (Å²) in [6.45, 7) is 1.94. The molecular weight excluding hydrogens is 313 g/mol. The summed E-state index contributed by atoms with van der Waals surface area (Å²) in [6.07, 6.45) is 0.281. The second-order valence-electron chi connectivity index (χ2n) is 5.23. The highest BCUT2D eigenvalue weighted by Gasteiger charge is 2.19. The number of carbonyl (C=O) groups is 1. The van der Waals surface area contributed by atoms with Crippen molar-refractivity contribution in [2.45, 2.75) is 13.3 Å². The summed E-state index contributed by atoms with van der Waals surface area (Å²) in [5, 5.41) is 10.0. The van der Waals surface area contributed by atoms with Gasteiger partial charge in [0.25, 0.3) is 0 Å². The van der Waals surface area contributed by atoms with E-state index in [4.69, 9.17) is 0 Å². The van der Waals surface area contributed by atoms with Crippen molar-refractivity contribution < 1.29 is 14.3 Å². The number of aryl methyl sites for hydroxylation is 1. The van der Waals surface area contributed by atoms with E-state index in [1.165, 1.54) is 6.07 Å². The van der Waals surface area contributed by atoms with Crippen LogP contribution in [0.2, 0.25) is 0 Å². The molecule has 0 saturated heterocycles. The third-order valence-corrected chi connectivity index (χ3v) is 4.50. The molecule has 0 fully saturated rings. The Morgan fingerprint density at radius 3 is 2.70 bits per heavy atom. The standard InChI is InChI=1S/C18H14FNO2S/c1-11-5-4-7-13(9-11)16-17(18(21)22)23-15(20-16)10-12-6-2-3-8-14(12)19/h2-9H,10H2,1H3,(H,21,22). The number of aromatic nitrogens is 1. The van der Waals surface area contributed by atoms with Crippen molar-refractivity contribution in [3.05, 3.63) is 75.4 Å². The summed E-state index contributed by atoms with van der Waals surface area (Å²) in [5.74, 6) is -1.32. The van der Waals surface area contributed by atoms with Crippen LogP contribution in [0.3, 0.4) is 0 Å². The Hall–Kier alpha value is -2.53. The fourth-order valence-corrected chi connectivity index (χ4v) is 3.33. The number of rotatable bonds is 4. The Morgan fingerprint density at radius 1 is 1.22 bits per heavy atom. The van der Waals surface area contributed by atoms with Crippen molar-refractivity contribution in [1.82, 2.24) is 4.98 Å². The number of carboxylic acids is 1. The van der Waals surface area contributed by atoms with Crippen molar-refractivity contribution in [3.8, 4) is 11.3 Å². The molecule has 0 bridgehead atoms. The van der Waals surface area contributed by atoms with Gasteiger partial charge < -0.3 is 5.11 Å². The number of halogens is 1. The lowest BCUT2D eigenvalue weighted by Gasteiger charge is -2.01. The molecule has 2 aromatic carbocycles. The van der Waals surface area contributed by atoms with Crippen LogP contribution in [0, 0.1) is 12.7 Å². The van der Waals surface area contributed by atoms with Crippen molar-refractivity contribution in [3.63, 3.8) is 0 Å². The summed E-state index contributed by atoms with van der Waals surface area (Å²) in [4.78, 5) is 16.1. The number of hydrogen-bond acceptors (Lipinski definition) is 3. The van der Waals surface area contributed by atoms with E-state index in [0.29, 0.717) is 16.3 Å². The van der Waals surface area contributed by atoms with Crippen LogP contribution in [-0.4, -0.2) is 16.1 Å². The fourth-order valence-electron chi connectivity index (χ4n) is 2.38. The van der Waals surface area contributed by atoms with Crippen LogP contribution in [0.25, 0.3) is 11.3 Å². The number of nitrogens with zero attached hydrogens (tertiary/aromatic N) is 1. The Kier molecular flexibility index (Phi) is 4.21. The van der Waals surface area contributed by atoms with Gasteiger partial charge in [-0.25, -0.2) is 14.2 Å². The normalized spacial score (nSPS) is 10.7. The molecule has 0 aliphatic rings. The molecule has 0 unspecified atom stereocenters. The smallest absolute Gasteiger partial charge is 0.348 e. The van der Waals surface area contributed by atoms with Crippen molar-refractivity contribution in [2.75, 3.05) is 0 Å². The molecule has 3 aromatic rings. The average molecular weight is 327 g/mol. The van der Waals surface area contributed by atoms with Crippen molar-refractivity contribution in [1.29, 1.82) is 0 Å². The van der Waals surface area contributed by atoms with Crippen LogP contribution < -0.4 is 0 Å². The van der Waals surface area contributed by atoms with Crippen LogP contribution in [0.1, 0.15) is 25.8 Å². The number of carboxylic acid groups (broad SMARTS) is 1. The van der Waals surface area contributed by atoms with E-state index < -0.39 is 5.97 Å². The molecule has 3 rings (SSSR count). The Balaban J connectivity index is 2.03. The zero-order valence-electron chi connectivity index (χ0n) is 12.4. The van der Waals surface area contributed by atoms with Crippen molar-refractivity contribution in [2.24, 2.45) is 0 Å². The van der Waals surface area contributed by atoms with E-state index >= 15 is 0 Å². The summed E-state index contributed by atoms with van der Waals surface area (Å²) in [6, 6.07) is 14.0. The van der Waals surface area contributed by atoms with Gasteiger partial charge >= 0.3 is 5.97 Å². The first-order valence-electron chi connectivity index (χ1n) is 7.08. The third-order valence-electron chi connectivity index (χ3n) is 3.46. The lowest BCUT2D eigenvalue weighted by molar-refractivity contribution is 0.0702. The Bertz CT molecular complexity index is 873. The SMILES string of the molecule is Cc1cccc(-c2nc(Cc3ccccc3F)sc2C(=O)O)c1. The van der Waals surface area contributed by atoms with E-state index in [-0.39, 0.29) is 17.1 Å². The predicted octanol–water partition coefficient (Wildman–Crippen LogP) is 4.55. The van der Waals surface area contributed by atoms with E-state index in [2.05, 4.69) is 4.98 Å². The van der Waals surface area contributed by atoms with Gasteiger partial charge in [-0.15, -0.1) is 11.3 Å². The summed E-state index contributed by atoms with van der Waals surface area (Å²) in [5.41, 5.74) is 2.74. The monoisotopic (exact) mass is 327 g/mol. The molecule has 0 radical (unpaired) electrons. The molecule has 0 spiro atoms. The highest BCUT2D eigenvalue weighted by Crippen LogP contribution is 2.30. The molecule has 0 atom stereocenters. The largest absolute Gasteiger partial charge is 0.477 e. The molecule has 5 heteroatoms. The summed E-state index contributed by atoms with van der Waals surface area (Å²) >= 11 is 1.09. The highest BCUT2D eigenvalue weighted by atomic mass is 32.1. The summed E-state index contributed by atoms with van der Waals surface area (Å²) < 4.78 is 13.8. The maximum Gasteiger partial charge on any atom is 0.348 e. The highest BCUT2D eigenvalue weighted by molar-refractivity contribution is 7.14. The minimum atomic E-state index is -1.02. The molecule has 1 heterocycles. The number of thiazole rings is 1. The topological polar surface area (TPSA) is 50.2 Å². The molecular formula is C18H14FNO2S. The van der Waals surface area contributed by atoms with Crippen LogP contribution in [-0.2, 0) is 6.42 Å². The van der Waals surface area contributed by atoms with E-state index in [1.54, 1.807) is 18.2 Å².